The number of aliphatic imine (C=N–C) groups is 1. The Morgan fingerprint density at radius 1 is 1.05 bits per heavy atom. The third-order valence-corrected chi connectivity index (χ3v) is 2.73. The van der Waals surface area contributed by atoms with Crippen LogP contribution < -0.4 is 0 Å². The van der Waals surface area contributed by atoms with E-state index in [0.717, 1.165) is 0 Å². The maximum absolute atomic E-state index is 11.5. The number of rotatable bonds is 3. The Bertz CT molecular complexity index is 669. The molecule has 0 aliphatic carbocycles. The maximum Gasteiger partial charge on any atom is 0.358 e. The molecule has 1 heterocycles. The van der Waals surface area contributed by atoms with Crippen molar-refractivity contribution in [1.29, 1.82) is 0 Å². The number of hydrogen-bond acceptors (Lipinski definition) is 5. The number of aliphatic hydroxyl groups excluding tert-OH is 1. The van der Waals surface area contributed by atoms with Gasteiger partial charge in [-0.25, -0.2) is 14.6 Å². The first-order valence-electron chi connectivity index (χ1n) is 5.51. The molecule has 0 spiro atoms. The zero-order valence-electron chi connectivity index (χ0n) is 10.0. The van der Waals surface area contributed by atoms with Crippen molar-refractivity contribution in [3.05, 3.63) is 46.8 Å². The molecule has 20 heavy (non-hydrogen) atoms. The van der Waals surface area contributed by atoms with Crippen molar-refractivity contribution >= 4 is 23.4 Å². The summed E-state index contributed by atoms with van der Waals surface area (Å²) in [6.45, 7) is 0. The topological polar surface area (TPSA) is 124 Å². The van der Waals surface area contributed by atoms with E-state index in [1.807, 2.05) is 0 Å². The molecule has 0 fully saturated rings. The van der Waals surface area contributed by atoms with E-state index in [1.165, 1.54) is 24.3 Å². The van der Waals surface area contributed by atoms with Crippen LogP contribution in [0.5, 0.6) is 0 Å². The van der Waals surface area contributed by atoms with Crippen LogP contribution in [-0.2, 0) is 9.59 Å². The number of benzene rings is 1. The molecule has 0 saturated heterocycles. The third kappa shape index (κ3) is 2.41. The molecule has 102 valence electrons. The van der Waals surface area contributed by atoms with Gasteiger partial charge in [-0.1, -0.05) is 12.1 Å². The molecule has 3 N–H and O–H groups in total. The summed E-state index contributed by atoms with van der Waals surface area (Å²) in [6.07, 6.45) is -0.241. The summed E-state index contributed by atoms with van der Waals surface area (Å²) in [5, 5.41) is 27.0. The van der Waals surface area contributed by atoms with Gasteiger partial charge in [0.2, 0.25) is 5.78 Å². The van der Waals surface area contributed by atoms with Crippen molar-refractivity contribution in [3.8, 4) is 0 Å². The van der Waals surface area contributed by atoms with E-state index in [-0.39, 0.29) is 17.7 Å². The second-order valence-electron chi connectivity index (χ2n) is 4.04. The van der Waals surface area contributed by atoms with Crippen LogP contribution in [-0.4, -0.2) is 38.8 Å². The highest BCUT2D eigenvalue weighted by Gasteiger charge is 2.27. The van der Waals surface area contributed by atoms with Crippen LogP contribution in [0.4, 0.5) is 0 Å². The molecule has 1 aromatic carbocycles. The number of nitrogens with zero attached hydrogens (tertiary/aromatic N) is 1. The smallest absolute Gasteiger partial charge is 0.358 e. The zero-order valence-corrected chi connectivity index (χ0v) is 10.0. The van der Waals surface area contributed by atoms with E-state index in [4.69, 9.17) is 10.2 Å². The van der Waals surface area contributed by atoms with Gasteiger partial charge in [0, 0.05) is 0 Å². The van der Waals surface area contributed by atoms with E-state index in [0.29, 0.717) is 5.56 Å². The van der Waals surface area contributed by atoms with Gasteiger partial charge in [0.15, 0.2) is 11.5 Å². The predicted octanol–water partition coefficient (Wildman–Crippen LogP) is 1.00. The summed E-state index contributed by atoms with van der Waals surface area (Å²) in [5.74, 6) is -4.21. The largest absolute Gasteiger partial charge is 0.503 e. The number of carbonyl (C=O) groups excluding carboxylic acids is 1. The van der Waals surface area contributed by atoms with Crippen LogP contribution in [0.2, 0.25) is 0 Å². The van der Waals surface area contributed by atoms with Crippen LogP contribution in [0.1, 0.15) is 22.3 Å². The average Bonchev–Trinajstić information content (AvgIpc) is 2.41. The summed E-state index contributed by atoms with van der Waals surface area (Å²) >= 11 is 0. The Morgan fingerprint density at radius 2 is 1.65 bits per heavy atom. The summed E-state index contributed by atoms with van der Waals surface area (Å²) in [5.41, 5.74) is -0.0522. The lowest BCUT2D eigenvalue weighted by Gasteiger charge is -2.12. The molecule has 0 saturated carbocycles. The molecule has 1 aliphatic heterocycles. The number of aromatic carboxylic acids is 1. The first-order valence-corrected chi connectivity index (χ1v) is 5.51. The molecule has 1 aromatic rings. The highest BCUT2D eigenvalue weighted by atomic mass is 16.4. The fraction of sp³-hybridized carbons (Fsp3) is 0.0769. The van der Waals surface area contributed by atoms with Gasteiger partial charge >= 0.3 is 11.9 Å². The van der Waals surface area contributed by atoms with E-state index in [1.54, 1.807) is 0 Å². The van der Waals surface area contributed by atoms with Gasteiger partial charge in [-0.05, 0) is 17.7 Å². The lowest BCUT2D eigenvalue weighted by Crippen LogP contribution is -2.21. The van der Waals surface area contributed by atoms with Crippen LogP contribution in [0.3, 0.4) is 0 Å². The molecular weight excluding hydrogens is 266 g/mol. The maximum atomic E-state index is 11.5. The van der Waals surface area contributed by atoms with Gasteiger partial charge in [0.05, 0.1) is 17.7 Å². The monoisotopic (exact) mass is 275 g/mol. The van der Waals surface area contributed by atoms with Gasteiger partial charge in [0.25, 0.3) is 0 Å². The van der Waals surface area contributed by atoms with Gasteiger partial charge in [-0.15, -0.1) is 0 Å². The molecule has 0 aromatic heterocycles. The standard InChI is InChI=1S/C13H9NO6/c15-9-5-8(14-10(11(9)16)13(19)20)6-1-3-7(4-2-6)12(17)18/h1-4,16H,5H2,(H,17,18)(H,19,20). The summed E-state index contributed by atoms with van der Waals surface area (Å²) in [4.78, 5) is 36.9. The normalized spacial score (nSPS) is 15.0. The minimum Gasteiger partial charge on any atom is -0.503 e. The Hall–Kier alpha value is -2.96. The molecule has 0 bridgehead atoms. The molecule has 0 unspecified atom stereocenters. The van der Waals surface area contributed by atoms with Gasteiger partial charge in [0.1, 0.15) is 0 Å². The van der Waals surface area contributed by atoms with Crippen molar-refractivity contribution < 1.29 is 29.7 Å². The SMILES string of the molecule is O=C(O)C1=C(O)C(=O)CC(c2ccc(C(=O)O)cc2)=N1. The van der Waals surface area contributed by atoms with Crippen molar-refractivity contribution in [2.24, 2.45) is 4.99 Å². The van der Waals surface area contributed by atoms with Crippen LogP contribution in [0.25, 0.3) is 0 Å². The number of carboxylic acid groups (broad SMARTS) is 2. The van der Waals surface area contributed by atoms with Crippen molar-refractivity contribution in [1.82, 2.24) is 0 Å². The fourth-order valence-corrected chi connectivity index (χ4v) is 1.72. The number of Topliss-reactive ketones (excluding diaryl/α,β-unsaturated/α-hetero) is 1. The number of carboxylic acids is 2. The Morgan fingerprint density at radius 3 is 2.15 bits per heavy atom. The number of aliphatic hydroxyl groups is 1. The Balaban J connectivity index is 2.43. The quantitative estimate of drug-likeness (QED) is 0.755. The Labute approximate surface area is 112 Å². The average molecular weight is 275 g/mol. The number of hydrogen-bond donors (Lipinski definition) is 3. The number of ketones is 1. The molecule has 0 atom stereocenters. The number of carbonyl (C=O) groups is 3. The van der Waals surface area contributed by atoms with Crippen LogP contribution in [0, 0.1) is 0 Å². The summed E-state index contributed by atoms with van der Waals surface area (Å²) < 4.78 is 0. The Kier molecular flexibility index (Phi) is 3.34. The molecule has 7 nitrogen and oxygen atoms in total. The lowest BCUT2D eigenvalue weighted by molar-refractivity contribution is -0.133. The number of allylic oxidation sites excluding steroid dienone is 1. The molecule has 1 aliphatic rings. The lowest BCUT2D eigenvalue weighted by atomic mass is 9.99. The molecule has 0 amide bonds. The highest BCUT2D eigenvalue weighted by Crippen LogP contribution is 2.19. The number of aliphatic carboxylic acids is 1. The van der Waals surface area contributed by atoms with Gasteiger partial charge < -0.3 is 15.3 Å². The van der Waals surface area contributed by atoms with E-state index < -0.39 is 29.2 Å². The van der Waals surface area contributed by atoms with Crippen LogP contribution in [0.15, 0.2) is 40.7 Å². The second kappa shape index (κ2) is 4.96. The predicted molar refractivity (Wildman–Crippen MR) is 66.9 cm³/mol. The highest BCUT2D eigenvalue weighted by molar-refractivity contribution is 6.20. The van der Waals surface area contributed by atoms with Crippen molar-refractivity contribution in [2.45, 2.75) is 6.42 Å². The first kappa shape index (κ1) is 13.5. The van der Waals surface area contributed by atoms with Crippen molar-refractivity contribution in [2.75, 3.05) is 0 Å². The zero-order chi connectivity index (χ0) is 14.9. The minimum absolute atomic E-state index is 0.0633. The fourth-order valence-electron chi connectivity index (χ4n) is 1.72. The third-order valence-electron chi connectivity index (χ3n) is 2.73. The minimum atomic E-state index is -1.50. The van der Waals surface area contributed by atoms with E-state index in [9.17, 15) is 19.5 Å². The van der Waals surface area contributed by atoms with Crippen LogP contribution >= 0.6 is 0 Å². The van der Waals surface area contributed by atoms with Gasteiger partial charge in [-0.3, -0.25) is 4.79 Å². The molecule has 2 rings (SSSR count). The first-order chi connectivity index (χ1) is 9.40. The van der Waals surface area contributed by atoms with E-state index in [2.05, 4.69) is 4.99 Å². The summed E-state index contributed by atoms with van der Waals surface area (Å²) in [6, 6.07) is 5.50. The summed E-state index contributed by atoms with van der Waals surface area (Å²) in [7, 11) is 0. The van der Waals surface area contributed by atoms with E-state index >= 15 is 0 Å². The van der Waals surface area contributed by atoms with Gasteiger partial charge in [-0.2, -0.15) is 0 Å². The molecule has 0 radical (unpaired) electrons. The van der Waals surface area contributed by atoms with Crippen molar-refractivity contribution in [3.63, 3.8) is 0 Å². The second-order valence-corrected chi connectivity index (χ2v) is 4.04. The molecule has 7 heteroatoms. The molecular formula is C13H9NO6.